The van der Waals surface area contributed by atoms with Crippen LogP contribution in [0.4, 0.5) is 13.2 Å². The van der Waals surface area contributed by atoms with Gasteiger partial charge in [0.05, 0.1) is 0 Å². The second kappa shape index (κ2) is 4.52. The van der Waals surface area contributed by atoms with Crippen LogP contribution in [0.1, 0.15) is 12.8 Å². The van der Waals surface area contributed by atoms with Crippen LogP contribution in [0.5, 0.6) is 0 Å². The van der Waals surface area contributed by atoms with Crippen molar-refractivity contribution in [2.75, 3.05) is 20.1 Å². The Kier molecular flexibility index (Phi) is 3.87. The molecule has 1 aliphatic heterocycles. The van der Waals surface area contributed by atoms with Gasteiger partial charge in [0, 0.05) is 24.5 Å². The van der Waals surface area contributed by atoms with E-state index in [2.05, 4.69) is 5.32 Å². The highest BCUT2D eigenvalue weighted by atomic mass is 32.2. The molecule has 1 unspecified atom stereocenters. The van der Waals surface area contributed by atoms with Gasteiger partial charge in [-0.2, -0.15) is 13.2 Å². The van der Waals surface area contributed by atoms with Gasteiger partial charge in [-0.3, -0.25) is 0 Å². The first-order valence-electron chi connectivity index (χ1n) is 4.18. The van der Waals surface area contributed by atoms with E-state index < -0.39 is 5.51 Å². The summed E-state index contributed by atoms with van der Waals surface area (Å²) in [5, 5.41) is 3.08. The lowest BCUT2D eigenvalue weighted by atomic mass is 10.1. The fourth-order valence-electron chi connectivity index (χ4n) is 1.38. The maximum atomic E-state index is 12.0. The molecular formula is C7H13F3N2S. The molecule has 0 aromatic carbocycles. The summed E-state index contributed by atoms with van der Waals surface area (Å²) in [7, 11) is 1.50. The van der Waals surface area contributed by atoms with Crippen LogP contribution in [0.3, 0.4) is 0 Å². The van der Waals surface area contributed by atoms with Gasteiger partial charge in [-0.1, -0.05) is 0 Å². The summed E-state index contributed by atoms with van der Waals surface area (Å²) >= 11 is -0.0434. The van der Waals surface area contributed by atoms with E-state index >= 15 is 0 Å². The minimum Gasteiger partial charge on any atom is -0.315 e. The molecule has 0 aliphatic carbocycles. The summed E-state index contributed by atoms with van der Waals surface area (Å²) in [6.07, 6.45) is 1.79. The lowest BCUT2D eigenvalue weighted by Gasteiger charge is -2.30. The minimum absolute atomic E-state index is 0.000347. The van der Waals surface area contributed by atoms with Gasteiger partial charge in [0.15, 0.2) is 0 Å². The van der Waals surface area contributed by atoms with Crippen LogP contribution < -0.4 is 5.32 Å². The monoisotopic (exact) mass is 214 g/mol. The Labute approximate surface area is 80.0 Å². The summed E-state index contributed by atoms with van der Waals surface area (Å²) in [5.41, 5.74) is -4.16. The number of nitrogens with zero attached hydrogens (tertiary/aromatic N) is 1. The molecule has 1 aliphatic rings. The predicted molar refractivity (Wildman–Crippen MR) is 47.3 cm³/mol. The van der Waals surface area contributed by atoms with Gasteiger partial charge in [-0.05, 0) is 26.4 Å². The molecule has 0 spiro atoms. The molecule has 0 radical (unpaired) electrons. The molecule has 0 aromatic heterocycles. The Bertz CT molecular complexity index is 156. The smallest absolute Gasteiger partial charge is 0.315 e. The van der Waals surface area contributed by atoms with E-state index in [-0.39, 0.29) is 18.0 Å². The first-order chi connectivity index (χ1) is 5.99. The number of piperidine rings is 1. The zero-order valence-corrected chi connectivity index (χ0v) is 8.21. The van der Waals surface area contributed by atoms with E-state index in [0.717, 1.165) is 19.4 Å². The molecule has 0 saturated carbocycles. The summed E-state index contributed by atoms with van der Waals surface area (Å²) in [6.45, 7) is 1.57. The number of likely N-dealkylation sites (N-methyl/N-ethyl adjacent to an activating group) is 1. The quantitative estimate of drug-likeness (QED) is 0.706. The zero-order chi connectivity index (χ0) is 9.90. The highest BCUT2D eigenvalue weighted by Gasteiger charge is 2.33. The van der Waals surface area contributed by atoms with Gasteiger partial charge in [-0.25, -0.2) is 4.31 Å². The van der Waals surface area contributed by atoms with Gasteiger partial charge in [0.25, 0.3) is 0 Å². The molecule has 78 valence electrons. The fraction of sp³-hybridized carbons (Fsp3) is 1.00. The number of hydrogen-bond acceptors (Lipinski definition) is 3. The molecular weight excluding hydrogens is 201 g/mol. The number of nitrogens with one attached hydrogen (secondary N) is 1. The fourth-order valence-corrected chi connectivity index (χ4v) is 2.04. The van der Waals surface area contributed by atoms with Crippen LogP contribution in [0.2, 0.25) is 0 Å². The third-order valence-corrected chi connectivity index (χ3v) is 2.83. The second-order valence-electron chi connectivity index (χ2n) is 3.08. The van der Waals surface area contributed by atoms with Crippen molar-refractivity contribution in [1.29, 1.82) is 0 Å². The van der Waals surface area contributed by atoms with Crippen molar-refractivity contribution in [2.24, 2.45) is 0 Å². The zero-order valence-electron chi connectivity index (χ0n) is 7.40. The van der Waals surface area contributed by atoms with Crippen LogP contribution in [0.25, 0.3) is 0 Å². The third-order valence-electron chi connectivity index (χ3n) is 2.03. The highest BCUT2D eigenvalue weighted by Crippen LogP contribution is 2.34. The second-order valence-corrected chi connectivity index (χ2v) is 4.30. The van der Waals surface area contributed by atoms with Crippen molar-refractivity contribution >= 4 is 11.9 Å². The number of alkyl halides is 3. The first-order valence-corrected chi connectivity index (χ1v) is 4.96. The Balaban J connectivity index is 2.33. The van der Waals surface area contributed by atoms with Crippen molar-refractivity contribution in [3.63, 3.8) is 0 Å². The van der Waals surface area contributed by atoms with Crippen molar-refractivity contribution < 1.29 is 13.2 Å². The highest BCUT2D eigenvalue weighted by molar-refractivity contribution is 7.97. The number of rotatable bonds is 2. The van der Waals surface area contributed by atoms with Gasteiger partial charge in [0.2, 0.25) is 0 Å². The van der Waals surface area contributed by atoms with E-state index in [4.69, 9.17) is 0 Å². The summed E-state index contributed by atoms with van der Waals surface area (Å²) in [6, 6.07) is 0.000347. The predicted octanol–water partition coefficient (Wildman–Crippen LogP) is 1.84. The van der Waals surface area contributed by atoms with E-state index in [9.17, 15) is 13.2 Å². The van der Waals surface area contributed by atoms with Crippen LogP contribution in [-0.4, -0.2) is 36.0 Å². The van der Waals surface area contributed by atoms with E-state index in [1.54, 1.807) is 0 Å². The average Bonchev–Trinajstić information content (AvgIpc) is 2.03. The van der Waals surface area contributed by atoms with Gasteiger partial charge in [-0.15, -0.1) is 0 Å². The first kappa shape index (κ1) is 11.1. The Morgan fingerprint density at radius 1 is 1.46 bits per heavy atom. The molecule has 6 heteroatoms. The van der Waals surface area contributed by atoms with Crippen LogP contribution in [0.15, 0.2) is 0 Å². The molecule has 1 atom stereocenters. The number of halogens is 3. The lowest BCUT2D eigenvalue weighted by molar-refractivity contribution is -0.0366. The molecule has 1 N–H and O–H groups in total. The largest absolute Gasteiger partial charge is 0.456 e. The van der Waals surface area contributed by atoms with Crippen LogP contribution >= 0.6 is 11.9 Å². The third kappa shape index (κ3) is 4.19. The normalized spacial score (nSPS) is 25.2. The Hall–Kier alpha value is 0.0600. The SMILES string of the molecule is CN(SC(F)(F)F)C1CCCNC1. The van der Waals surface area contributed by atoms with E-state index in [0.29, 0.717) is 6.54 Å². The maximum Gasteiger partial charge on any atom is 0.456 e. The maximum absolute atomic E-state index is 12.0. The molecule has 0 bridgehead atoms. The molecule has 1 rings (SSSR count). The van der Waals surface area contributed by atoms with Gasteiger partial charge < -0.3 is 5.32 Å². The summed E-state index contributed by atoms with van der Waals surface area (Å²) in [5.74, 6) is 0. The van der Waals surface area contributed by atoms with E-state index in [1.165, 1.54) is 11.4 Å². The van der Waals surface area contributed by atoms with Crippen LogP contribution in [0, 0.1) is 0 Å². The summed E-state index contributed by atoms with van der Waals surface area (Å²) < 4.78 is 37.2. The Morgan fingerprint density at radius 2 is 2.15 bits per heavy atom. The molecule has 1 saturated heterocycles. The summed E-state index contributed by atoms with van der Waals surface area (Å²) in [4.78, 5) is 0. The molecule has 0 amide bonds. The number of hydrogen-bond donors (Lipinski definition) is 1. The van der Waals surface area contributed by atoms with Gasteiger partial charge >= 0.3 is 5.51 Å². The Morgan fingerprint density at radius 3 is 2.62 bits per heavy atom. The molecule has 13 heavy (non-hydrogen) atoms. The molecule has 1 heterocycles. The van der Waals surface area contributed by atoms with Crippen molar-refractivity contribution in [3.8, 4) is 0 Å². The van der Waals surface area contributed by atoms with E-state index in [1.807, 2.05) is 0 Å². The topological polar surface area (TPSA) is 15.3 Å². The van der Waals surface area contributed by atoms with Crippen LogP contribution in [-0.2, 0) is 0 Å². The molecule has 0 aromatic rings. The van der Waals surface area contributed by atoms with Crippen molar-refractivity contribution in [2.45, 2.75) is 24.4 Å². The average molecular weight is 214 g/mol. The lowest BCUT2D eigenvalue weighted by Crippen LogP contribution is -2.42. The van der Waals surface area contributed by atoms with Gasteiger partial charge in [0.1, 0.15) is 0 Å². The minimum atomic E-state index is -4.16. The standard InChI is InChI=1S/C7H13F3N2S/c1-12(13-7(8,9)10)6-3-2-4-11-5-6/h6,11H,2-5H2,1H3. The molecule has 2 nitrogen and oxygen atoms in total. The van der Waals surface area contributed by atoms with Crippen molar-refractivity contribution in [3.05, 3.63) is 0 Å². The molecule has 1 fully saturated rings. The van der Waals surface area contributed by atoms with Crippen molar-refractivity contribution in [1.82, 2.24) is 9.62 Å².